The lowest BCUT2D eigenvalue weighted by Crippen LogP contribution is -2.16. The summed E-state index contributed by atoms with van der Waals surface area (Å²) in [7, 11) is 1.55. The third-order valence-corrected chi connectivity index (χ3v) is 4.10. The Morgan fingerprint density at radius 3 is 2.83 bits per heavy atom. The molecule has 0 spiro atoms. The number of nitrogens with zero attached hydrogens (tertiary/aromatic N) is 2. The first-order valence-corrected chi connectivity index (χ1v) is 8.93. The standard InChI is InChI=1S/C21H18N2O6/c1-25-16-11-14(12-17-20(16)27-10-9-26-17)7-8-19(24)28-13-18-22-21(23-29-18)15-5-3-2-4-6-15/h2-8,11-12H,9-10,13H2,1H3/b8-7+. The molecule has 1 aliphatic heterocycles. The highest BCUT2D eigenvalue weighted by Gasteiger charge is 2.18. The highest BCUT2D eigenvalue weighted by atomic mass is 16.6. The molecule has 0 saturated heterocycles. The maximum absolute atomic E-state index is 12.0. The molecule has 0 saturated carbocycles. The van der Waals surface area contributed by atoms with Gasteiger partial charge >= 0.3 is 5.97 Å². The molecule has 0 atom stereocenters. The summed E-state index contributed by atoms with van der Waals surface area (Å²) < 4.78 is 26.7. The van der Waals surface area contributed by atoms with Gasteiger partial charge in [-0.05, 0) is 23.8 Å². The average Bonchev–Trinajstić information content (AvgIpc) is 3.25. The van der Waals surface area contributed by atoms with Crippen molar-refractivity contribution in [3.63, 3.8) is 0 Å². The molecule has 1 aromatic heterocycles. The molecular weight excluding hydrogens is 376 g/mol. The van der Waals surface area contributed by atoms with Gasteiger partial charge in [-0.3, -0.25) is 0 Å². The van der Waals surface area contributed by atoms with Gasteiger partial charge in [0, 0.05) is 11.6 Å². The minimum absolute atomic E-state index is 0.118. The first-order valence-electron chi connectivity index (χ1n) is 8.93. The molecule has 4 rings (SSSR count). The molecule has 8 nitrogen and oxygen atoms in total. The zero-order chi connectivity index (χ0) is 20.1. The van der Waals surface area contributed by atoms with Crippen LogP contribution in [0.25, 0.3) is 17.5 Å². The fourth-order valence-electron chi connectivity index (χ4n) is 2.75. The Morgan fingerprint density at radius 2 is 2.00 bits per heavy atom. The first-order chi connectivity index (χ1) is 14.2. The van der Waals surface area contributed by atoms with Crippen molar-refractivity contribution in [2.24, 2.45) is 0 Å². The average molecular weight is 394 g/mol. The van der Waals surface area contributed by atoms with Crippen molar-refractivity contribution < 1.29 is 28.3 Å². The molecule has 1 aliphatic rings. The molecule has 29 heavy (non-hydrogen) atoms. The smallest absolute Gasteiger partial charge is 0.331 e. The molecular formula is C21H18N2O6. The summed E-state index contributed by atoms with van der Waals surface area (Å²) in [6.45, 7) is 0.806. The van der Waals surface area contributed by atoms with Crippen molar-refractivity contribution in [1.82, 2.24) is 10.1 Å². The summed E-state index contributed by atoms with van der Waals surface area (Å²) in [4.78, 5) is 16.2. The van der Waals surface area contributed by atoms with E-state index in [0.29, 0.717) is 41.9 Å². The van der Waals surface area contributed by atoms with Crippen LogP contribution in [-0.2, 0) is 16.1 Å². The Balaban J connectivity index is 1.38. The molecule has 8 heteroatoms. The van der Waals surface area contributed by atoms with E-state index in [1.807, 2.05) is 30.3 Å². The van der Waals surface area contributed by atoms with Crippen LogP contribution in [0.2, 0.25) is 0 Å². The van der Waals surface area contributed by atoms with Crippen molar-refractivity contribution in [3.05, 3.63) is 60.0 Å². The van der Waals surface area contributed by atoms with Crippen LogP contribution in [-0.4, -0.2) is 36.4 Å². The summed E-state index contributed by atoms with van der Waals surface area (Å²) in [6, 6.07) is 12.9. The lowest BCUT2D eigenvalue weighted by atomic mass is 10.1. The van der Waals surface area contributed by atoms with Gasteiger partial charge < -0.3 is 23.5 Å². The lowest BCUT2D eigenvalue weighted by Gasteiger charge is -2.20. The van der Waals surface area contributed by atoms with Crippen LogP contribution in [0.15, 0.2) is 53.1 Å². The third-order valence-electron chi connectivity index (χ3n) is 4.10. The highest BCUT2D eigenvalue weighted by Crippen LogP contribution is 2.40. The van der Waals surface area contributed by atoms with Crippen LogP contribution in [0.3, 0.4) is 0 Å². The maximum Gasteiger partial charge on any atom is 0.331 e. The fourth-order valence-corrected chi connectivity index (χ4v) is 2.75. The Labute approximate surface area is 166 Å². The second-order valence-corrected chi connectivity index (χ2v) is 6.07. The highest BCUT2D eigenvalue weighted by molar-refractivity contribution is 5.87. The number of ether oxygens (including phenoxy) is 4. The van der Waals surface area contributed by atoms with Crippen molar-refractivity contribution in [2.75, 3.05) is 20.3 Å². The monoisotopic (exact) mass is 394 g/mol. The van der Waals surface area contributed by atoms with Crippen molar-refractivity contribution >= 4 is 12.0 Å². The van der Waals surface area contributed by atoms with Crippen molar-refractivity contribution in [1.29, 1.82) is 0 Å². The Hall–Kier alpha value is -3.81. The number of hydrogen-bond acceptors (Lipinski definition) is 8. The minimum atomic E-state index is -0.543. The molecule has 0 aliphatic carbocycles. The van der Waals surface area contributed by atoms with Crippen LogP contribution in [0.4, 0.5) is 0 Å². The SMILES string of the molecule is COc1cc(/C=C/C(=O)OCc2nc(-c3ccccc3)no2)cc2c1OCCO2. The second-order valence-electron chi connectivity index (χ2n) is 6.07. The Kier molecular flexibility index (Phi) is 5.42. The van der Waals surface area contributed by atoms with Gasteiger partial charge in [0.05, 0.1) is 7.11 Å². The molecule has 2 heterocycles. The van der Waals surface area contributed by atoms with E-state index in [-0.39, 0.29) is 12.5 Å². The van der Waals surface area contributed by atoms with E-state index in [0.717, 1.165) is 5.56 Å². The predicted octanol–water partition coefficient (Wildman–Crippen LogP) is 3.27. The Bertz CT molecular complexity index is 1010. The summed E-state index contributed by atoms with van der Waals surface area (Å²) >= 11 is 0. The van der Waals surface area contributed by atoms with Gasteiger partial charge in [-0.2, -0.15) is 4.98 Å². The van der Waals surface area contributed by atoms with Gasteiger partial charge in [-0.15, -0.1) is 0 Å². The van der Waals surface area contributed by atoms with Gasteiger partial charge in [-0.25, -0.2) is 4.79 Å². The van der Waals surface area contributed by atoms with Gasteiger partial charge in [0.15, 0.2) is 18.1 Å². The van der Waals surface area contributed by atoms with E-state index in [4.69, 9.17) is 23.5 Å². The number of methoxy groups -OCH3 is 1. The molecule has 148 valence electrons. The molecule has 0 radical (unpaired) electrons. The zero-order valence-corrected chi connectivity index (χ0v) is 15.7. The van der Waals surface area contributed by atoms with Gasteiger partial charge in [0.25, 0.3) is 5.89 Å². The topological polar surface area (TPSA) is 92.9 Å². The number of carbonyl (C=O) groups is 1. The second kappa shape index (κ2) is 8.47. The number of rotatable bonds is 6. The van der Waals surface area contributed by atoms with Gasteiger partial charge in [0.2, 0.25) is 11.6 Å². The molecule has 0 amide bonds. The van der Waals surface area contributed by atoms with Gasteiger partial charge in [-0.1, -0.05) is 35.5 Å². The molecule has 2 aromatic carbocycles. The van der Waals surface area contributed by atoms with Crippen LogP contribution < -0.4 is 14.2 Å². The van der Waals surface area contributed by atoms with Crippen molar-refractivity contribution in [2.45, 2.75) is 6.61 Å². The van der Waals surface area contributed by atoms with Crippen LogP contribution in [0, 0.1) is 0 Å². The molecule has 0 N–H and O–H groups in total. The predicted molar refractivity (Wildman–Crippen MR) is 103 cm³/mol. The largest absolute Gasteiger partial charge is 0.493 e. The number of aromatic nitrogens is 2. The number of esters is 1. The van der Waals surface area contributed by atoms with Crippen LogP contribution in [0.5, 0.6) is 17.2 Å². The van der Waals surface area contributed by atoms with Crippen LogP contribution >= 0.6 is 0 Å². The third kappa shape index (κ3) is 4.37. The first kappa shape index (κ1) is 18.5. The molecule has 0 unspecified atom stereocenters. The van der Waals surface area contributed by atoms with Gasteiger partial charge in [0.1, 0.15) is 13.2 Å². The number of fused-ring (bicyclic) bond motifs is 1. The summed E-state index contributed by atoms with van der Waals surface area (Å²) in [5.74, 6) is 1.78. The van der Waals surface area contributed by atoms with E-state index < -0.39 is 5.97 Å². The van der Waals surface area contributed by atoms with E-state index in [1.165, 1.54) is 6.08 Å². The normalized spacial score (nSPS) is 12.7. The van der Waals surface area contributed by atoms with E-state index in [1.54, 1.807) is 25.3 Å². The quantitative estimate of drug-likeness (QED) is 0.465. The summed E-state index contributed by atoms with van der Waals surface area (Å²) in [6.07, 6.45) is 2.91. The maximum atomic E-state index is 12.0. The van der Waals surface area contributed by atoms with E-state index >= 15 is 0 Å². The summed E-state index contributed by atoms with van der Waals surface area (Å²) in [5.41, 5.74) is 1.54. The van der Waals surface area contributed by atoms with Crippen LogP contribution in [0.1, 0.15) is 11.5 Å². The van der Waals surface area contributed by atoms with E-state index in [2.05, 4.69) is 10.1 Å². The van der Waals surface area contributed by atoms with E-state index in [9.17, 15) is 4.79 Å². The fraction of sp³-hybridized carbons (Fsp3) is 0.190. The molecule has 0 fully saturated rings. The Morgan fingerprint density at radius 1 is 1.17 bits per heavy atom. The number of carbonyl (C=O) groups excluding carboxylic acids is 1. The minimum Gasteiger partial charge on any atom is -0.493 e. The molecule has 3 aromatic rings. The zero-order valence-electron chi connectivity index (χ0n) is 15.7. The summed E-state index contributed by atoms with van der Waals surface area (Å²) in [5, 5.41) is 3.88. The lowest BCUT2D eigenvalue weighted by molar-refractivity contribution is -0.139. The molecule has 0 bridgehead atoms. The number of benzene rings is 2. The number of hydrogen-bond donors (Lipinski definition) is 0. The van der Waals surface area contributed by atoms with Crippen molar-refractivity contribution in [3.8, 4) is 28.6 Å².